The van der Waals surface area contributed by atoms with Crippen molar-refractivity contribution in [3.05, 3.63) is 0 Å². The van der Waals surface area contributed by atoms with Crippen LogP contribution in [0.4, 0.5) is 0 Å². The van der Waals surface area contributed by atoms with Crippen LogP contribution >= 0.6 is 0 Å². The summed E-state index contributed by atoms with van der Waals surface area (Å²) in [6.07, 6.45) is -128. The van der Waals surface area contributed by atoms with Gasteiger partial charge in [-0.15, -0.1) is 0 Å². The molecule has 0 saturated heterocycles. The first kappa shape index (κ1) is 131. The van der Waals surface area contributed by atoms with Crippen LogP contribution in [0.1, 0.15) is 0 Å². The van der Waals surface area contributed by atoms with E-state index in [0.29, 0.717) is 0 Å². The van der Waals surface area contributed by atoms with Crippen molar-refractivity contribution in [2.75, 3.05) is 0 Å². The van der Waals surface area contributed by atoms with Gasteiger partial charge in [-0.05, 0) is 0 Å². The van der Waals surface area contributed by atoms with E-state index in [1.54, 1.807) is 0 Å². The number of hydrogen-bond donors (Lipinski definition) is 0. The molecule has 0 atom stereocenters. The highest BCUT2D eigenvalue weighted by Crippen LogP contribution is 2.33. The summed E-state index contributed by atoms with van der Waals surface area (Å²) in [5.41, 5.74) is 0. The molecule has 0 unspecified atom stereocenters. The maximum Gasteiger partial charge on any atom is 0 e. The minimum atomic E-state index is -2.71. The summed E-state index contributed by atoms with van der Waals surface area (Å²) in [5, 5.41) is 0. The van der Waals surface area contributed by atoms with Crippen molar-refractivity contribution < 1.29 is 0 Å². The second kappa shape index (κ2) is 60.6. The van der Waals surface area contributed by atoms with Crippen LogP contribution in [-0.4, -0.2) is 870 Å². The molecule has 0 aliphatic rings. The van der Waals surface area contributed by atoms with E-state index in [0.717, 1.165) is 7.06 Å². The smallest absolute Gasteiger partial charge is 0 e. The van der Waals surface area contributed by atoms with Gasteiger partial charge in [0.1, 0.15) is 0 Å². The molecule has 0 amide bonds. The molecule has 0 rings (SSSR count). The predicted molar refractivity (Wildman–Crippen MR) is 708 cm³/mol. The van der Waals surface area contributed by atoms with E-state index in [4.69, 9.17) is 480 Å². The highest BCUT2D eigenvalue weighted by atomic mass is 13.5. The van der Waals surface area contributed by atoms with Crippen molar-refractivity contribution in [1.82, 2.24) is 0 Å². The number of hydrogen-bond acceptors (Lipinski definition) is 0. The molecule has 0 aliphatic heterocycles. The first-order valence-corrected chi connectivity index (χ1v) is 40.7. The van der Waals surface area contributed by atoms with E-state index in [1.807, 2.05) is 0 Å². The molecule has 0 aromatic rings. The minimum Gasteiger partial charge on any atom is 0 e. The molecule has 0 spiro atoms. The minimum absolute atomic E-state index is 0.892. The topological polar surface area (TPSA) is 0 Å². The van der Waals surface area contributed by atoms with Gasteiger partial charge < -0.3 is 0 Å². The molecule has 0 nitrogen and oxygen atoms in total. The van der Waals surface area contributed by atoms with Gasteiger partial charge in [-0.1, -0.05) is 0 Å². The van der Waals surface area contributed by atoms with Crippen LogP contribution < -0.4 is 0 Å². The fraction of sp³-hybridized carbons (Fsp3) is 0. The van der Waals surface area contributed by atoms with Crippen LogP contribution in [0.3, 0.4) is 0 Å². The van der Waals surface area contributed by atoms with Crippen LogP contribution in [0.2, 0.25) is 0 Å². The first-order chi connectivity index (χ1) is 56.0. The third kappa shape index (κ3) is 35.2. The Morgan fingerprint density at radius 2 is 0.122 bits per heavy atom. The lowest BCUT2D eigenvalue weighted by Crippen LogP contribution is -3.03. The molecule has 0 aromatic heterocycles. The van der Waals surface area contributed by atoms with E-state index in [-0.39, 0.29) is 0 Å². The number of rotatable bonds is 60. The molecule has 369 valence electrons. The zero-order valence-electron chi connectivity index (χ0n) is 71.0. The van der Waals surface area contributed by atoms with Crippen LogP contribution in [0, 0.1) is 0 Å². The van der Waals surface area contributed by atoms with Crippen molar-refractivity contribution in [2.45, 2.75) is 0 Å². The van der Waals surface area contributed by atoms with Crippen molar-refractivity contribution in [3.8, 4) is 0 Å². The molecule has 0 N–H and O–H groups in total. The molecule has 123 heteroatoms. The molecule has 0 aliphatic carbocycles. The Morgan fingerprint density at radius 1 is 0.0732 bits per heavy atom. The molecular weight excluding hydrogens is 1330 g/mol. The summed E-state index contributed by atoms with van der Waals surface area (Å²) < 4.78 is 0. The van der Waals surface area contributed by atoms with Crippen LogP contribution in [-0.2, 0) is 0 Å². The Bertz CT molecular complexity index is 2170. The highest BCUT2D eigenvalue weighted by Gasteiger charge is 2.71. The van der Waals surface area contributed by atoms with Crippen molar-refractivity contribution in [2.24, 2.45) is 0 Å². The molecule has 0 bridgehead atoms. The lowest BCUT2D eigenvalue weighted by atomic mass is 8.17. The summed E-state index contributed by atoms with van der Waals surface area (Å²) in [7, 11) is 458. The fourth-order valence-electron chi connectivity index (χ4n) is 22.5. The van der Waals surface area contributed by atoms with Gasteiger partial charge in [0.15, 0.2) is 0 Å². The zero-order valence-corrected chi connectivity index (χ0v) is 71.0. The summed E-state index contributed by atoms with van der Waals surface area (Å²) in [6.45, 7) is 0. The van der Waals surface area contributed by atoms with Gasteiger partial charge in [-0.25, -0.2) is 0 Å². The third-order valence-corrected chi connectivity index (χ3v) is 26.4. The lowest BCUT2D eigenvalue weighted by Gasteiger charge is -2.64. The Morgan fingerprint density at radius 3 is 0.179 bits per heavy atom. The van der Waals surface area contributed by atoms with Gasteiger partial charge in [0, 0.05) is 870 Å². The van der Waals surface area contributed by atoms with E-state index < -0.39 is 383 Å². The molecular formula is B123. The second-order valence-corrected chi connectivity index (χ2v) is 34.8. The normalized spacial score (nSPS) is 9.85. The van der Waals surface area contributed by atoms with E-state index >= 15 is 0 Å². The SMILES string of the molecule is [B][B]B([B])B(B(B([B])[B])B([B])[B])B(B(B(B([B])[B])B([B])[B])B(B([B])[B])B([B])[B])B(B(B(B(B([B])[B])B([B])[B])B(B([B])[B])B([B])[B])B(B(B([B])[B])B([B])[B])B(B([B])[B])B([B])[B])B(B(B(B(B([B])[B])B([B])[B])B(B([B])[B])B([B])[B])B(B(B([B])[B])B([B])[B])B(B([B])[B])B([B])[B])B(B(B(B([B])[B])B([B])[B])B(B([B])[B])B([B])[B])B(B(B([B])[B])B([B])[B])B(B([B])[B])B([B])[B]. The van der Waals surface area contributed by atoms with Gasteiger partial charge in [0.2, 0.25) is 0 Å². The largest absolute Gasteiger partial charge is 0 e. The monoisotopic (exact) mass is 1350 g/mol. The first-order valence-electron chi connectivity index (χ1n) is 40.7. The van der Waals surface area contributed by atoms with Gasteiger partial charge in [-0.3, -0.25) is 0 Å². The Balaban J connectivity index is 16.9. The van der Waals surface area contributed by atoms with Crippen LogP contribution in [0.25, 0.3) is 0 Å². The van der Waals surface area contributed by atoms with Crippen molar-refractivity contribution in [3.63, 3.8) is 0 Å². The summed E-state index contributed by atoms with van der Waals surface area (Å²) >= 11 is 0. The average Bonchev–Trinajstić information content (AvgIpc) is 0.700. The van der Waals surface area contributed by atoms with Gasteiger partial charge in [-0.2, -0.15) is 0 Å². The predicted octanol–water partition coefficient (Wildman–Crippen LogP) is -46.8. The van der Waals surface area contributed by atoms with Crippen molar-refractivity contribution >= 4 is 870 Å². The molecule has 0 fully saturated rings. The Hall–Kier alpha value is 7.99. The second-order valence-electron chi connectivity index (χ2n) is 34.8. The zero-order chi connectivity index (χ0) is 97.3. The van der Waals surface area contributed by atoms with E-state index in [9.17, 15) is 0 Å². The average molecular weight is 1330 g/mol. The van der Waals surface area contributed by atoms with Crippen molar-refractivity contribution in [1.29, 1.82) is 0 Å². The molecule has 0 saturated carbocycles. The maximum absolute atomic E-state index is 7.96. The highest BCUT2D eigenvalue weighted by molar-refractivity contribution is 8.46. The summed E-state index contributed by atoms with van der Waals surface area (Å²) in [4.78, 5) is 0. The summed E-state index contributed by atoms with van der Waals surface area (Å²) in [6, 6.07) is 0. The molecule has 125 radical (unpaired) electrons. The quantitative estimate of drug-likeness (QED) is 0.0533. The maximum atomic E-state index is 7.96. The molecule has 0 aromatic carbocycles. The summed E-state index contributed by atoms with van der Waals surface area (Å²) in [5.74, 6) is 0. The molecule has 123 heavy (non-hydrogen) atoms. The van der Waals surface area contributed by atoms with Gasteiger partial charge >= 0.3 is 0 Å². The van der Waals surface area contributed by atoms with E-state index in [2.05, 4.69) is 0 Å². The fourth-order valence-corrected chi connectivity index (χ4v) is 22.5. The Kier molecular flexibility index (Phi) is 64.5. The van der Waals surface area contributed by atoms with E-state index in [1.165, 1.54) is 0 Å². The van der Waals surface area contributed by atoms with Gasteiger partial charge in [0.25, 0.3) is 0 Å². The van der Waals surface area contributed by atoms with Gasteiger partial charge in [0.05, 0.1) is 0 Å². The van der Waals surface area contributed by atoms with Crippen LogP contribution in [0.5, 0.6) is 0 Å². The van der Waals surface area contributed by atoms with Crippen LogP contribution in [0.15, 0.2) is 0 Å². The third-order valence-electron chi connectivity index (χ3n) is 26.4. The lowest BCUT2D eigenvalue weighted by molar-refractivity contribution is 3.11. The standard InChI is InChI=1S/B123/c1-63-94(62)110(95(64(2)3)65(4)5)118(111(96(66(6)7)67(8)9)97(68(10)11)69(12)13)122(119(112(98(70(14)15)71(16)17)99(72(18)19)73(20)21)113(100(74(22)23)75(24)25)101(76(26)27)77(28)29)123(120(114(102(78(30)31)79(32)33)103(80(34)35)81(36)37)115(104(82(38)39)83(40)41)105(84(42)43)85(44)45)121(116(106(86(46)47)87(48)49)107(88(50)51)89(52)53)117(108(90(54)55)91(56)57)109(92(58)59)93(60)61. The Labute approximate surface area is 860 Å². The molecule has 0 heterocycles.